The van der Waals surface area contributed by atoms with Gasteiger partial charge in [0.1, 0.15) is 11.5 Å². The van der Waals surface area contributed by atoms with Crippen LogP contribution in [0.15, 0.2) is 34.3 Å². The molecule has 0 saturated carbocycles. The van der Waals surface area contributed by atoms with E-state index in [4.69, 9.17) is 4.99 Å². The van der Waals surface area contributed by atoms with Gasteiger partial charge in [0.25, 0.3) is 0 Å². The molecule has 4 heteroatoms. The summed E-state index contributed by atoms with van der Waals surface area (Å²) in [5, 5.41) is 21.7. The zero-order chi connectivity index (χ0) is 27.7. The van der Waals surface area contributed by atoms with Gasteiger partial charge < -0.3 is 10.2 Å². The maximum Gasteiger partial charge on any atom is 0.128 e. The van der Waals surface area contributed by atoms with Gasteiger partial charge in [0.05, 0.1) is 13.1 Å². The maximum absolute atomic E-state index is 11.8. The fourth-order valence-corrected chi connectivity index (χ4v) is 4.92. The lowest BCUT2D eigenvalue weighted by molar-refractivity contribution is 0.419. The second-order valence-corrected chi connectivity index (χ2v) is 13.9. The van der Waals surface area contributed by atoms with Crippen molar-refractivity contribution >= 4 is 12.4 Å². The predicted molar refractivity (Wildman–Crippen MR) is 156 cm³/mol. The van der Waals surface area contributed by atoms with Crippen molar-refractivity contribution in [1.29, 1.82) is 0 Å². The Morgan fingerprint density at radius 3 is 1.44 bits per heavy atom. The second kappa shape index (κ2) is 10.4. The molecule has 0 aliphatic carbocycles. The molecule has 2 aromatic rings. The lowest BCUT2D eigenvalue weighted by atomic mass is 9.63. The first kappa shape index (κ1) is 29.6. The van der Waals surface area contributed by atoms with Crippen molar-refractivity contribution in [2.45, 2.75) is 105 Å². The van der Waals surface area contributed by atoms with E-state index in [1.165, 1.54) is 11.1 Å². The molecule has 0 heterocycles. The van der Waals surface area contributed by atoms with Gasteiger partial charge in [-0.05, 0) is 50.5 Å². The lowest BCUT2D eigenvalue weighted by Crippen LogP contribution is -2.33. The minimum absolute atomic E-state index is 0.122. The molecule has 0 aromatic heterocycles. The molecule has 0 bridgehead atoms. The van der Waals surface area contributed by atoms with Gasteiger partial charge in [-0.2, -0.15) is 0 Å². The fourth-order valence-electron chi connectivity index (χ4n) is 4.92. The number of phenolic OH excluding ortho intramolecular Hbond substituents is 2. The van der Waals surface area contributed by atoms with E-state index in [0.29, 0.717) is 24.4 Å². The van der Waals surface area contributed by atoms with Crippen LogP contribution < -0.4 is 0 Å². The van der Waals surface area contributed by atoms with Crippen LogP contribution in [-0.2, 0) is 21.7 Å². The van der Waals surface area contributed by atoms with E-state index in [1.807, 2.05) is 18.3 Å². The highest BCUT2D eigenvalue weighted by atomic mass is 16.3. The van der Waals surface area contributed by atoms with Crippen molar-refractivity contribution in [1.82, 2.24) is 0 Å². The molecule has 0 amide bonds. The van der Waals surface area contributed by atoms with Crippen LogP contribution in [-0.4, -0.2) is 35.7 Å². The summed E-state index contributed by atoms with van der Waals surface area (Å²) in [6.45, 7) is 27.7. The van der Waals surface area contributed by atoms with Crippen molar-refractivity contribution in [3.05, 3.63) is 57.6 Å². The number of nitrogens with zero attached hydrogens (tertiary/aromatic N) is 2. The summed E-state index contributed by atoms with van der Waals surface area (Å²) in [5.74, 6) is 0.555. The Balaban J connectivity index is 2.68. The Labute approximate surface area is 219 Å². The third kappa shape index (κ3) is 6.78. The highest BCUT2D eigenvalue weighted by molar-refractivity contribution is 5.89. The number of phenols is 2. The SMILES string of the molecule is CC(C)(C)c1c(O)c(C=NCCN=Cc2ccccc2O)c(C(C)(C)C)c(C(C)(C)C)c1C(C)(C)C. The highest BCUT2D eigenvalue weighted by Gasteiger charge is 2.40. The molecule has 36 heavy (non-hydrogen) atoms. The molecular formula is C32H48N2O2. The van der Waals surface area contributed by atoms with E-state index < -0.39 is 0 Å². The van der Waals surface area contributed by atoms with Gasteiger partial charge in [0, 0.05) is 29.1 Å². The van der Waals surface area contributed by atoms with Crippen molar-refractivity contribution in [3.8, 4) is 11.5 Å². The minimum atomic E-state index is -0.242. The summed E-state index contributed by atoms with van der Waals surface area (Å²) in [7, 11) is 0. The molecule has 0 atom stereocenters. The molecule has 2 rings (SSSR count). The topological polar surface area (TPSA) is 65.2 Å². The van der Waals surface area contributed by atoms with E-state index in [-0.39, 0.29) is 27.4 Å². The van der Waals surface area contributed by atoms with Crippen molar-refractivity contribution < 1.29 is 10.2 Å². The van der Waals surface area contributed by atoms with Gasteiger partial charge in [0.2, 0.25) is 0 Å². The van der Waals surface area contributed by atoms with Crippen molar-refractivity contribution in [3.63, 3.8) is 0 Å². The maximum atomic E-state index is 11.8. The van der Waals surface area contributed by atoms with E-state index in [0.717, 1.165) is 16.7 Å². The van der Waals surface area contributed by atoms with E-state index >= 15 is 0 Å². The number of aliphatic imine (C=N–C) groups is 2. The molecule has 2 aromatic carbocycles. The highest BCUT2D eigenvalue weighted by Crippen LogP contribution is 2.50. The zero-order valence-corrected chi connectivity index (χ0v) is 24.7. The Hall–Kier alpha value is -2.62. The third-order valence-corrected chi connectivity index (χ3v) is 6.26. The number of para-hydroxylation sites is 1. The molecule has 0 aliphatic rings. The molecule has 0 unspecified atom stereocenters. The summed E-state index contributed by atoms with van der Waals surface area (Å²) in [5.41, 5.74) is 5.53. The molecule has 198 valence electrons. The van der Waals surface area contributed by atoms with Crippen LogP contribution in [0, 0.1) is 0 Å². The average Bonchev–Trinajstić information content (AvgIpc) is 2.68. The first-order valence-corrected chi connectivity index (χ1v) is 13.0. The van der Waals surface area contributed by atoms with Crippen LogP contribution in [0.25, 0.3) is 0 Å². The standard InChI is InChI=1S/C32H48N2O2/c1-29(2,3)24-22(20-34-18-17-33-19-21-15-13-14-16-23(21)35)28(36)27(32(10,11)12)26(31(7,8)9)25(24)30(4,5)6/h13-16,19-20,35-36H,17-18H2,1-12H3. The van der Waals surface area contributed by atoms with Crippen LogP contribution in [0.5, 0.6) is 11.5 Å². The monoisotopic (exact) mass is 492 g/mol. The fraction of sp³-hybridized carbons (Fsp3) is 0.562. The van der Waals surface area contributed by atoms with Gasteiger partial charge in [-0.15, -0.1) is 0 Å². The minimum Gasteiger partial charge on any atom is -0.507 e. The van der Waals surface area contributed by atoms with Crippen molar-refractivity contribution in [2.24, 2.45) is 9.98 Å². The first-order chi connectivity index (χ1) is 16.3. The predicted octanol–water partition coefficient (Wildman–Crippen LogP) is 7.83. The zero-order valence-electron chi connectivity index (χ0n) is 24.7. The summed E-state index contributed by atoms with van der Waals surface area (Å²) < 4.78 is 0. The van der Waals surface area contributed by atoms with Crippen molar-refractivity contribution in [2.75, 3.05) is 13.1 Å². The number of aromatic hydroxyl groups is 2. The van der Waals surface area contributed by atoms with Gasteiger partial charge in [-0.25, -0.2) is 0 Å². The van der Waals surface area contributed by atoms with Crippen LogP contribution in [0.3, 0.4) is 0 Å². The van der Waals surface area contributed by atoms with Gasteiger partial charge in [-0.1, -0.05) is 95.2 Å². The first-order valence-electron chi connectivity index (χ1n) is 13.0. The Morgan fingerprint density at radius 1 is 0.583 bits per heavy atom. The molecule has 4 nitrogen and oxygen atoms in total. The summed E-state index contributed by atoms with van der Waals surface area (Å²) >= 11 is 0. The molecular weight excluding hydrogens is 444 g/mol. The Kier molecular flexibility index (Phi) is 8.55. The van der Waals surface area contributed by atoms with E-state index in [9.17, 15) is 10.2 Å². The Bertz CT molecular complexity index is 1130. The molecule has 0 spiro atoms. The number of hydrogen-bond donors (Lipinski definition) is 2. The average molecular weight is 493 g/mol. The number of rotatable bonds is 5. The quantitative estimate of drug-likeness (QED) is 0.330. The largest absolute Gasteiger partial charge is 0.507 e. The summed E-state index contributed by atoms with van der Waals surface area (Å²) in [4.78, 5) is 9.13. The molecule has 0 saturated heterocycles. The van der Waals surface area contributed by atoms with Gasteiger partial charge >= 0.3 is 0 Å². The molecule has 0 radical (unpaired) electrons. The summed E-state index contributed by atoms with van der Waals surface area (Å²) in [6.07, 6.45) is 3.53. The van der Waals surface area contributed by atoms with E-state index in [1.54, 1.807) is 18.3 Å². The third-order valence-electron chi connectivity index (χ3n) is 6.26. The molecule has 0 aliphatic heterocycles. The van der Waals surface area contributed by atoms with Crippen LogP contribution in [0.2, 0.25) is 0 Å². The Morgan fingerprint density at radius 2 is 1.00 bits per heavy atom. The van der Waals surface area contributed by atoms with E-state index in [2.05, 4.69) is 88.1 Å². The number of benzene rings is 2. The molecule has 2 N–H and O–H groups in total. The number of hydrogen-bond acceptors (Lipinski definition) is 4. The normalized spacial score (nSPS) is 13.8. The summed E-state index contributed by atoms with van der Waals surface area (Å²) in [6, 6.07) is 7.14. The lowest BCUT2D eigenvalue weighted by Gasteiger charge is -2.42. The van der Waals surface area contributed by atoms with Crippen LogP contribution in [0.4, 0.5) is 0 Å². The van der Waals surface area contributed by atoms with Crippen LogP contribution in [0.1, 0.15) is 116 Å². The van der Waals surface area contributed by atoms with Crippen LogP contribution >= 0.6 is 0 Å². The molecule has 0 fully saturated rings. The smallest absolute Gasteiger partial charge is 0.128 e. The van der Waals surface area contributed by atoms with Gasteiger partial charge in [0.15, 0.2) is 0 Å². The second-order valence-electron chi connectivity index (χ2n) is 13.9. The van der Waals surface area contributed by atoms with Gasteiger partial charge in [-0.3, -0.25) is 9.98 Å².